The second-order valence-electron chi connectivity index (χ2n) is 12.3. The Morgan fingerprint density at radius 3 is 1.89 bits per heavy atom. The summed E-state index contributed by atoms with van der Waals surface area (Å²) in [5.74, 6) is 0.0830. The molecule has 0 aromatic heterocycles. The van der Waals surface area contributed by atoms with Gasteiger partial charge < -0.3 is 34.3 Å². The largest absolute Gasteiger partial charge is 0.493 e. The predicted octanol–water partition coefficient (Wildman–Crippen LogP) is 5.51. The molecule has 2 N–H and O–H groups in total. The van der Waals surface area contributed by atoms with E-state index in [1.165, 1.54) is 33.5 Å². The number of hydrogen-bond donors (Lipinski definition) is 2. The molecule has 2 atom stereocenters. The van der Waals surface area contributed by atoms with Gasteiger partial charge in [0, 0.05) is 12.0 Å². The van der Waals surface area contributed by atoms with Crippen LogP contribution in [-0.4, -0.2) is 56.8 Å². The van der Waals surface area contributed by atoms with Gasteiger partial charge in [-0.1, -0.05) is 56.3 Å². The number of methoxy groups -OCH3 is 3. The van der Waals surface area contributed by atoms with Crippen LogP contribution in [0.3, 0.4) is 0 Å². The fraction of sp³-hybridized carbons (Fsp3) is 0.417. The molecule has 3 aromatic rings. The summed E-state index contributed by atoms with van der Waals surface area (Å²) in [6.07, 6.45) is 0.505. The Morgan fingerprint density at radius 1 is 0.761 bits per heavy atom. The van der Waals surface area contributed by atoms with Crippen molar-refractivity contribution in [2.45, 2.75) is 71.8 Å². The van der Waals surface area contributed by atoms with Crippen molar-refractivity contribution in [1.29, 1.82) is 0 Å². The van der Waals surface area contributed by atoms with Crippen molar-refractivity contribution in [3.05, 3.63) is 83.4 Å². The second kappa shape index (κ2) is 16.5. The van der Waals surface area contributed by atoms with Gasteiger partial charge in [-0.3, -0.25) is 9.59 Å². The highest BCUT2D eigenvalue weighted by atomic mass is 16.6. The fourth-order valence-electron chi connectivity index (χ4n) is 4.69. The summed E-state index contributed by atoms with van der Waals surface area (Å²) < 4.78 is 27.7. The summed E-state index contributed by atoms with van der Waals surface area (Å²) in [5.41, 5.74) is 1.29. The van der Waals surface area contributed by atoms with E-state index < -0.39 is 35.5 Å². The molecule has 0 bridgehead atoms. The van der Waals surface area contributed by atoms with E-state index >= 15 is 0 Å². The number of nitrogens with one attached hydrogen (secondary N) is 2. The van der Waals surface area contributed by atoms with Crippen LogP contribution in [0.25, 0.3) is 0 Å². The number of hydrogen-bond acceptors (Lipinski definition) is 8. The van der Waals surface area contributed by atoms with Crippen molar-refractivity contribution in [3.8, 4) is 23.0 Å². The molecule has 0 heterocycles. The number of rotatable bonds is 15. The Kier molecular flexibility index (Phi) is 12.9. The Morgan fingerprint density at radius 2 is 1.37 bits per heavy atom. The van der Waals surface area contributed by atoms with Gasteiger partial charge in [-0.25, -0.2) is 4.79 Å². The molecule has 0 radical (unpaired) electrons. The van der Waals surface area contributed by atoms with Gasteiger partial charge in [0.2, 0.25) is 11.7 Å². The van der Waals surface area contributed by atoms with Crippen LogP contribution in [-0.2, 0) is 27.4 Å². The Bertz CT molecular complexity index is 1420. The number of carbonyl (C=O) groups is 3. The summed E-state index contributed by atoms with van der Waals surface area (Å²) in [4.78, 5) is 40.4. The van der Waals surface area contributed by atoms with Gasteiger partial charge in [0.05, 0.1) is 21.3 Å². The first-order valence-electron chi connectivity index (χ1n) is 15.2. The zero-order valence-electron chi connectivity index (χ0n) is 28.0. The molecule has 46 heavy (non-hydrogen) atoms. The van der Waals surface area contributed by atoms with E-state index in [-0.39, 0.29) is 17.9 Å². The van der Waals surface area contributed by atoms with Gasteiger partial charge in [-0.2, -0.15) is 0 Å². The van der Waals surface area contributed by atoms with E-state index in [0.29, 0.717) is 36.0 Å². The molecule has 3 rings (SSSR count). The molecule has 0 unspecified atom stereocenters. The number of ether oxygens (including phenoxy) is 5. The van der Waals surface area contributed by atoms with Crippen LogP contribution in [0.1, 0.15) is 62.5 Å². The molecule has 0 fully saturated rings. The van der Waals surface area contributed by atoms with Crippen molar-refractivity contribution in [2.24, 2.45) is 5.92 Å². The van der Waals surface area contributed by atoms with Gasteiger partial charge in [0.1, 0.15) is 30.0 Å². The maximum atomic E-state index is 13.7. The van der Waals surface area contributed by atoms with Gasteiger partial charge in [-0.15, -0.1) is 0 Å². The number of carbonyl (C=O) groups excluding carboxylic acids is 3. The maximum Gasteiger partial charge on any atom is 0.329 e. The lowest BCUT2D eigenvalue weighted by molar-refractivity contribution is -0.158. The topological polar surface area (TPSA) is 121 Å². The highest BCUT2D eigenvalue weighted by molar-refractivity contribution is 5.99. The van der Waals surface area contributed by atoms with Gasteiger partial charge in [0.25, 0.3) is 5.91 Å². The standard InChI is InChI=1S/C36H46N2O8/c1-23(2)18-28(37-33(39)26-20-30(42-6)32(44-8)31(21-26)43-7)34(40)38-29(35(41)46-36(3,4)5)19-24-14-16-27(17-15-24)45-22-25-12-10-9-11-13-25/h9-17,20-21,23,28-29H,18-19,22H2,1-8H3,(H,37,39)(H,38,40)/t28-,29-/m0/s1. The second-order valence-corrected chi connectivity index (χ2v) is 12.3. The monoisotopic (exact) mass is 634 g/mol. The third kappa shape index (κ3) is 10.7. The molecule has 2 amide bonds. The van der Waals surface area contributed by atoms with Crippen molar-refractivity contribution in [3.63, 3.8) is 0 Å². The van der Waals surface area contributed by atoms with Crippen molar-refractivity contribution in [1.82, 2.24) is 10.6 Å². The minimum absolute atomic E-state index is 0.0550. The SMILES string of the molecule is COc1cc(C(=O)N[C@@H](CC(C)C)C(=O)N[C@@H](Cc2ccc(OCc3ccccc3)cc2)C(=O)OC(C)(C)C)cc(OC)c1OC. The van der Waals surface area contributed by atoms with E-state index in [1.54, 1.807) is 20.8 Å². The molecule has 0 spiro atoms. The Balaban J connectivity index is 1.79. The Hall–Kier alpha value is -4.73. The molecule has 248 valence electrons. The highest BCUT2D eigenvalue weighted by Gasteiger charge is 2.31. The molecule has 0 saturated carbocycles. The maximum absolute atomic E-state index is 13.7. The molecule has 10 nitrogen and oxygen atoms in total. The lowest BCUT2D eigenvalue weighted by Crippen LogP contribution is -2.53. The zero-order chi connectivity index (χ0) is 33.9. The van der Waals surface area contributed by atoms with Gasteiger partial charge >= 0.3 is 5.97 Å². The molecule has 10 heteroatoms. The highest BCUT2D eigenvalue weighted by Crippen LogP contribution is 2.38. The van der Waals surface area contributed by atoms with Crippen molar-refractivity contribution >= 4 is 17.8 Å². The molecule has 0 aliphatic carbocycles. The molecular formula is C36H46N2O8. The number of amides is 2. The van der Waals surface area contributed by atoms with E-state index in [2.05, 4.69) is 10.6 Å². The van der Waals surface area contributed by atoms with E-state index in [0.717, 1.165) is 11.1 Å². The van der Waals surface area contributed by atoms with Crippen LogP contribution < -0.4 is 29.6 Å². The van der Waals surface area contributed by atoms with Crippen LogP contribution in [0, 0.1) is 5.92 Å². The average Bonchev–Trinajstić information content (AvgIpc) is 3.02. The Labute approximate surface area is 271 Å². The van der Waals surface area contributed by atoms with E-state index in [9.17, 15) is 14.4 Å². The van der Waals surface area contributed by atoms with E-state index in [1.807, 2.05) is 68.4 Å². The third-order valence-electron chi connectivity index (χ3n) is 6.88. The summed E-state index contributed by atoms with van der Waals surface area (Å²) in [5, 5.41) is 5.67. The normalized spacial score (nSPS) is 12.5. The minimum atomic E-state index is -1.00. The van der Waals surface area contributed by atoms with Crippen LogP contribution >= 0.6 is 0 Å². The number of benzene rings is 3. The average molecular weight is 635 g/mol. The lowest BCUT2D eigenvalue weighted by atomic mass is 10.0. The van der Waals surface area contributed by atoms with Gasteiger partial charge in [-0.05, 0) is 68.5 Å². The van der Waals surface area contributed by atoms with Crippen LogP contribution in [0.15, 0.2) is 66.7 Å². The molecular weight excluding hydrogens is 588 g/mol. The third-order valence-corrected chi connectivity index (χ3v) is 6.88. The first-order chi connectivity index (χ1) is 21.8. The quantitative estimate of drug-likeness (QED) is 0.210. The summed E-state index contributed by atoms with van der Waals surface area (Å²) in [6, 6.07) is 18.3. The summed E-state index contributed by atoms with van der Waals surface area (Å²) >= 11 is 0. The predicted molar refractivity (Wildman–Crippen MR) is 176 cm³/mol. The smallest absolute Gasteiger partial charge is 0.329 e. The molecule has 3 aromatic carbocycles. The first-order valence-corrected chi connectivity index (χ1v) is 15.2. The summed E-state index contributed by atoms with van der Waals surface area (Å²) in [7, 11) is 4.38. The summed E-state index contributed by atoms with van der Waals surface area (Å²) in [6.45, 7) is 9.61. The van der Waals surface area contributed by atoms with E-state index in [4.69, 9.17) is 23.7 Å². The van der Waals surface area contributed by atoms with Crippen molar-refractivity contribution < 1.29 is 38.1 Å². The zero-order valence-corrected chi connectivity index (χ0v) is 28.0. The molecule has 0 saturated heterocycles. The molecule has 0 aliphatic heterocycles. The van der Waals surface area contributed by atoms with Crippen LogP contribution in [0.2, 0.25) is 0 Å². The molecule has 0 aliphatic rings. The first kappa shape index (κ1) is 35.7. The van der Waals surface area contributed by atoms with Crippen LogP contribution in [0.5, 0.6) is 23.0 Å². The fourth-order valence-corrected chi connectivity index (χ4v) is 4.69. The van der Waals surface area contributed by atoms with Crippen molar-refractivity contribution in [2.75, 3.05) is 21.3 Å². The van der Waals surface area contributed by atoms with Gasteiger partial charge in [0.15, 0.2) is 11.5 Å². The van der Waals surface area contributed by atoms with Crippen LogP contribution in [0.4, 0.5) is 0 Å². The lowest BCUT2D eigenvalue weighted by Gasteiger charge is -2.27. The number of esters is 1. The minimum Gasteiger partial charge on any atom is -0.493 e.